The van der Waals surface area contributed by atoms with Gasteiger partial charge in [-0.2, -0.15) is 0 Å². The summed E-state index contributed by atoms with van der Waals surface area (Å²) in [6, 6.07) is 19.6. The number of hydrogen-bond donors (Lipinski definition) is 2. The molecule has 4 N–H and O–H groups in total. The zero-order chi connectivity index (χ0) is 25.3. The van der Waals surface area contributed by atoms with E-state index in [1.54, 1.807) is 5.01 Å². The fourth-order valence-electron chi connectivity index (χ4n) is 5.38. The van der Waals surface area contributed by atoms with E-state index in [0.29, 0.717) is 0 Å². The van der Waals surface area contributed by atoms with Crippen LogP contribution >= 0.6 is 0 Å². The zero-order valence-electron chi connectivity index (χ0n) is 22.1. The van der Waals surface area contributed by atoms with Gasteiger partial charge in [-0.25, -0.2) is 5.84 Å². The molecule has 5 nitrogen and oxygen atoms in total. The minimum absolute atomic E-state index is 0.253. The van der Waals surface area contributed by atoms with Gasteiger partial charge in [0.1, 0.15) is 11.4 Å². The van der Waals surface area contributed by atoms with Gasteiger partial charge in [-0.05, 0) is 74.1 Å². The normalized spacial score (nSPS) is 16.2. The maximum absolute atomic E-state index is 6.47. The summed E-state index contributed by atoms with van der Waals surface area (Å²) in [6.07, 6.45) is 0.999. The molecule has 0 fully saturated rings. The number of aryl methyl sites for hydroxylation is 1. The largest absolute Gasteiger partial charge is 0.486 e. The number of hydrogen-bond acceptors (Lipinski definition) is 5. The van der Waals surface area contributed by atoms with Crippen LogP contribution in [0, 0.1) is 13.8 Å². The summed E-state index contributed by atoms with van der Waals surface area (Å²) >= 11 is 0. The van der Waals surface area contributed by atoms with E-state index in [-0.39, 0.29) is 11.5 Å². The number of nitrogen functional groups attached to an aromatic ring is 1. The molecule has 0 saturated carbocycles. The lowest BCUT2D eigenvalue weighted by Gasteiger charge is -2.30. The second-order valence-electron chi connectivity index (χ2n) is 10.6. The summed E-state index contributed by atoms with van der Waals surface area (Å²) < 4.78 is 6.36. The van der Waals surface area contributed by atoms with E-state index in [4.69, 9.17) is 16.3 Å². The maximum Gasteiger partial charge on any atom is 0.124 e. The highest BCUT2D eigenvalue weighted by Crippen LogP contribution is 2.37. The lowest BCUT2D eigenvalue weighted by molar-refractivity contribution is 0.0682. The molecule has 5 heteroatoms. The van der Waals surface area contributed by atoms with Crippen molar-refractivity contribution in [2.75, 3.05) is 24.3 Å². The van der Waals surface area contributed by atoms with Crippen LogP contribution in [-0.4, -0.2) is 24.1 Å². The summed E-state index contributed by atoms with van der Waals surface area (Å²) in [6.45, 7) is 13.5. The molecule has 0 aliphatic carbocycles. The average Bonchev–Trinajstić information content (AvgIpc) is 2.92. The van der Waals surface area contributed by atoms with Gasteiger partial charge in [0.15, 0.2) is 0 Å². The zero-order valence-corrected chi connectivity index (χ0v) is 22.1. The van der Waals surface area contributed by atoms with Crippen LogP contribution in [0.4, 0.5) is 11.4 Å². The number of rotatable bonds is 6. The fourth-order valence-corrected chi connectivity index (χ4v) is 5.38. The van der Waals surface area contributed by atoms with Crippen LogP contribution in [0.1, 0.15) is 66.5 Å². The molecule has 1 aliphatic rings. The van der Waals surface area contributed by atoms with Crippen molar-refractivity contribution >= 4 is 11.4 Å². The Hall–Kier alpha value is -3.02. The van der Waals surface area contributed by atoms with Gasteiger partial charge >= 0.3 is 0 Å². The second kappa shape index (κ2) is 9.92. The Labute approximate surface area is 210 Å². The van der Waals surface area contributed by atoms with E-state index in [1.807, 2.05) is 13.1 Å². The van der Waals surface area contributed by atoms with Crippen molar-refractivity contribution in [3.63, 3.8) is 0 Å². The molecule has 3 aromatic rings. The van der Waals surface area contributed by atoms with Crippen LogP contribution < -0.4 is 21.3 Å². The Balaban J connectivity index is 1.65. The van der Waals surface area contributed by atoms with Gasteiger partial charge in [0.05, 0.1) is 11.4 Å². The molecular formula is C30H40N4O. The van der Waals surface area contributed by atoms with Gasteiger partial charge in [-0.3, -0.25) is 4.90 Å². The third-order valence-corrected chi connectivity index (χ3v) is 7.22. The quantitative estimate of drug-likeness (QED) is 0.265. The molecule has 0 bridgehead atoms. The topological polar surface area (TPSA) is 67.8 Å². The number of para-hydroxylation sites is 1. The van der Waals surface area contributed by atoms with Gasteiger partial charge in [-0.15, -0.1) is 0 Å². The maximum atomic E-state index is 6.47. The fraction of sp³-hybridized carbons (Fsp3) is 0.400. The first-order valence-electron chi connectivity index (χ1n) is 12.6. The Morgan fingerprint density at radius 1 is 1.09 bits per heavy atom. The number of fused-ring (bicyclic) bond motifs is 1. The Morgan fingerprint density at radius 2 is 1.83 bits per heavy atom. The molecule has 35 heavy (non-hydrogen) atoms. The predicted octanol–water partition coefficient (Wildman–Crippen LogP) is 5.91. The summed E-state index contributed by atoms with van der Waals surface area (Å²) in [5.74, 6) is 7.25. The first kappa shape index (κ1) is 25.1. The Bertz CT molecular complexity index is 1200. The van der Waals surface area contributed by atoms with Crippen LogP contribution in [0.15, 0.2) is 54.6 Å². The minimum Gasteiger partial charge on any atom is -0.486 e. The third kappa shape index (κ3) is 5.31. The van der Waals surface area contributed by atoms with Crippen molar-refractivity contribution in [3.8, 4) is 5.75 Å². The highest BCUT2D eigenvalue weighted by Gasteiger charge is 2.29. The number of nitrogens with two attached hydrogens (primary N) is 2. The van der Waals surface area contributed by atoms with Crippen molar-refractivity contribution in [1.82, 2.24) is 4.90 Å². The van der Waals surface area contributed by atoms with E-state index < -0.39 is 0 Å². The summed E-state index contributed by atoms with van der Waals surface area (Å²) in [5.41, 5.74) is 15.5. The monoisotopic (exact) mass is 472 g/mol. The molecule has 0 aromatic heterocycles. The molecule has 1 heterocycles. The van der Waals surface area contributed by atoms with Crippen molar-refractivity contribution in [2.24, 2.45) is 5.84 Å². The van der Waals surface area contributed by atoms with Crippen LogP contribution in [0.5, 0.6) is 5.75 Å². The summed E-state index contributed by atoms with van der Waals surface area (Å²) in [5, 5.41) is 1.58. The van der Waals surface area contributed by atoms with Crippen LogP contribution in [-0.2, 0) is 13.1 Å². The van der Waals surface area contributed by atoms with Crippen molar-refractivity contribution in [3.05, 3.63) is 88.0 Å². The SMILES string of the molecule is CC[C@@H](c1ccc(C)c(CN2Cc3ccccc3OC(C)(C)C2)c1)c1ccc(N(C)N)c(N)c1C. The van der Waals surface area contributed by atoms with E-state index in [1.165, 1.54) is 27.8 Å². The van der Waals surface area contributed by atoms with E-state index in [9.17, 15) is 0 Å². The number of hydrazine groups is 1. The molecule has 1 atom stereocenters. The van der Waals surface area contributed by atoms with Crippen molar-refractivity contribution in [1.29, 1.82) is 0 Å². The number of anilines is 2. The van der Waals surface area contributed by atoms with Gasteiger partial charge < -0.3 is 15.5 Å². The van der Waals surface area contributed by atoms with Gasteiger partial charge in [0, 0.05) is 38.2 Å². The molecule has 0 unspecified atom stereocenters. The molecule has 0 spiro atoms. The molecule has 4 rings (SSSR count). The lowest BCUT2D eigenvalue weighted by Crippen LogP contribution is -2.40. The highest BCUT2D eigenvalue weighted by molar-refractivity contribution is 5.72. The van der Waals surface area contributed by atoms with Gasteiger partial charge in [-0.1, -0.05) is 49.4 Å². The third-order valence-electron chi connectivity index (χ3n) is 7.22. The predicted molar refractivity (Wildman–Crippen MR) is 147 cm³/mol. The number of ether oxygens (including phenoxy) is 1. The van der Waals surface area contributed by atoms with Gasteiger partial charge in [0.2, 0.25) is 0 Å². The molecule has 3 aromatic carbocycles. The first-order chi connectivity index (χ1) is 16.6. The molecule has 1 aliphatic heterocycles. The minimum atomic E-state index is -0.253. The summed E-state index contributed by atoms with van der Waals surface area (Å²) in [4.78, 5) is 2.51. The molecular weight excluding hydrogens is 432 g/mol. The Morgan fingerprint density at radius 3 is 2.54 bits per heavy atom. The molecule has 0 amide bonds. The van der Waals surface area contributed by atoms with E-state index >= 15 is 0 Å². The van der Waals surface area contributed by atoms with Gasteiger partial charge in [0.25, 0.3) is 0 Å². The number of benzene rings is 3. The number of nitrogens with zero attached hydrogens (tertiary/aromatic N) is 2. The average molecular weight is 473 g/mol. The summed E-state index contributed by atoms with van der Waals surface area (Å²) in [7, 11) is 1.82. The highest BCUT2D eigenvalue weighted by atomic mass is 16.5. The van der Waals surface area contributed by atoms with Crippen molar-refractivity contribution in [2.45, 2.75) is 65.6 Å². The molecule has 186 valence electrons. The van der Waals surface area contributed by atoms with E-state index in [0.717, 1.165) is 48.7 Å². The van der Waals surface area contributed by atoms with Crippen LogP contribution in [0.2, 0.25) is 0 Å². The van der Waals surface area contributed by atoms with Crippen LogP contribution in [0.25, 0.3) is 0 Å². The molecule has 0 radical (unpaired) electrons. The standard InChI is InChI=1S/C30H40N4O/c1-7-25(26-14-15-27(33(6)32)29(31)21(26)3)22-13-12-20(2)24(16-22)18-34-17-23-10-8-9-11-28(23)35-30(4,5)19-34/h8-16,25H,7,17-19,31-32H2,1-6H3/t25-/m0/s1. The first-order valence-corrected chi connectivity index (χ1v) is 12.6. The Kier molecular flexibility index (Phi) is 7.11. The smallest absolute Gasteiger partial charge is 0.124 e. The van der Waals surface area contributed by atoms with E-state index in [2.05, 4.69) is 88.0 Å². The molecule has 0 saturated heterocycles. The van der Waals surface area contributed by atoms with Crippen LogP contribution in [0.3, 0.4) is 0 Å². The second-order valence-corrected chi connectivity index (χ2v) is 10.6. The lowest BCUT2D eigenvalue weighted by atomic mass is 9.84. The van der Waals surface area contributed by atoms with Crippen molar-refractivity contribution < 1.29 is 4.74 Å².